The average molecular weight is 564 g/mol. The van der Waals surface area contributed by atoms with E-state index in [1.807, 2.05) is 12.1 Å². The molecule has 4 aromatic heterocycles. The lowest BCUT2D eigenvalue weighted by molar-refractivity contribution is -0.0368. The van der Waals surface area contributed by atoms with Crippen molar-refractivity contribution in [1.29, 1.82) is 5.26 Å². The number of benzene rings is 1. The van der Waals surface area contributed by atoms with Crippen LogP contribution in [0.3, 0.4) is 0 Å². The van der Waals surface area contributed by atoms with Crippen LogP contribution < -0.4 is 16.0 Å². The van der Waals surface area contributed by atoms with Crippen LogP contribution in [-0.2, 0) is 4.74 Å². The first kappa shape index (κ1) is 25.8. The Morgan fingerprint density at radius 3 is 2.81 bits per heavy atom. The third kappa shape index (κ3) is 4.55. The van der Waals surface area contributed by atoms with Gasteiger partial charge in [0, 0.05) is 49.1 Å². The molecule has 1 aromatic carbocycles. The number of piperidine rings is 1. The highest BCUT2D eigenvalue weighted by Crippen LogP contribution is 2.35. The summed E-state index contributed by atoms with van der Waals surface area (Å²) in [6.07, 6.45) is 10.7. The Hall–Kier alpha value is -5.09. The number of rotatable bonds is 5. The summed E-state index contributed by atoms with van der Waals surface area (Å²) >= 11 is 0. The topological polar surface area (TPSA) is 165 Å². The Morgan fingerprint density at radius 1 is 1.12 bits per heavy atom. The first-order valence-electron chi connectivity index (χ1n) is 14.1. The number of hydrogen-bond acceptors (Lipinski definition) is 10. The number of hydrogen-bond donors (Lipinski definition) is 2. The smallest absolute Gasteiger partial charge is 0.272 e. The van der Waals surface area contributed by atoms with Gasteiger partial charge in [-0.2, -0.15) is 15.5 Å². The van der Waals surface area contributed by atoms with Crippen LogP contribution in [0.1, 0.15) is 54.4 Å². The molecule has 0 bridgehead atoms. The number of nitrogens with zero attached hydrogens (tertiary/aromatic N) is 9. The zero-order valence-electron chi connectivity index (χ0n) is 22.8. The highest BCUT2D eigenvalue weighted by molar-refractivity contribution is 6.05. The standard InChI is InChI=1S/C29H29N11O2/c30-12-18-6-7-22-21(10-18)26(37-39(22)25-5-1-2-9-42-25)29(41)36-20-4-3-8-38(15-20)24-11-23(19-13-32-16-33-14-19)40-27(24)28(31)34-17-35-40/h6-7,10-11,13-14,16-17,20,25H,1-5,8-9,15H2,(H,36,41)(H2,31,34,35)/t20-,25?/m1/s1. The van der Waals surface area contributed by atoms with Gasteiger partial charge in [0.25, 0.3) is 5.91 Å². The molecule has 2 aliphatic rings. The van der Waals surface area contributed by atoms with Gasteiger partial charge in [-0.3, -0.25) is 4.79 Å². The van der Waals surface area contributed by atoms with Gasteiger partial charge >= 0.3 is 0 Å². The number of nitrogens with two attached hydrogens (primary N) is 1. The van der Waals surface area contributed by atoms with Crippen molar-refractivity contribution in [2.24, 2.45) is 0 Å². The van der Waals surface area contributed by atoms with Crippen molar-refractivity contribution in [2.75, 3.05) is 30.3 Å². The highest BCUT2D eigenvalue weighted by Gasteiger charge is 2.29. The van der Waals surface area contributed by atoms with Gasteiger partial charge in [0.05, 0.1) is 28.5 Å². The lowest BCUT2D eigenvalue weighted by atomic mass is 10.0. The largest absolute Gasteiger partial charge is 0.382 e. The number of aromatic nitrogens is 7. The van der Waals surface area contributed by atoms with E-state index in [4.69, 9.17) is 15.6 Å². The molecule has 0 saturated carbocycles. The number of nitrogen functional groups attached to an aromatic ring is 1. The summed E-state index contributed by atoms with van der Waals surface area (Å²) in [5, 5.41) is 22.6. The molecule has 212 valence electrons. The number of fused-ring (bicyclic) bond motifs is 2. The summed E-state index contributed by atoms with van der Waals surface area (Å²) in [6.45, 7) is 2.01. The first-order chi connectivity index (χ1) is 20.6. The lowest BCUT2D eigenvalue weighted by Gasteiger charge is -2.34. The summed E-state index contributed by atoms with van der Waals surface area (Å²) in [5.41, 5.74) is 11.1. The number of nitrogens with one attached hydrogen (secondary N) is 1. The van der Waals surface area contributed by atoms with Crippen molar-refractivity contribution in [2.45, 2.75) is 44.4 Å². The van der Waals surface area contributed by atoms with E-state index < -0.39 is 0 Å². The molecule has 2 fully saturated rings. The van der Waals surface area contributed by atoms with Gasteiger partial charge in [0.1, 0.15) is 18.2 Å². The zero-order chi connectivity index (χ0) is 28.6. The van der Waals surface area contributed by atoms with E-state index in [0.717, 1.165) is 61.1 Å². The Balaban J connectivity index is 1.18. The number of anilines is 2. The summed E-state index contributed by atoms with van der Waals surface area (Å²) in [7, 11) is 0. The van der Waals surface area contributed by atoms with Crippen LogP contribution in [0.5, 0.6) is 0 Å². The minimum absolute atomic E-state index is 0.138. The molecule has 1 amide bonds. The Bertz CT molecular complexity index is 1820. The van der Waals surface area contributed by atoms with Crippen molar-refractivity contribution >= 4 is 33.8 Å². The van der Waals surface area contributed by atoms with Crippen molar-refractivity contribution in [3.63, 3.8) is 0 Å². The van der Waals surface area contributed by atoms with Crippen LogP contribution in [0.4, 0.5) is 11.5 Å². The van der Waals surface area contributed by atoms with E-state index in [0.29, 0.717) is 41.1 Å². The number of amides is 1. The van der Waals surface area contributed by atoms with Gasteiger partial charge < -0.3 is 20.7 Å². The molecule has 7 rings (SSSR count). The van der Waals surface area contributed by atoms with Crippen LogP contribution in [0.15, 0.2) is 49.3 Å². The van der Waals surface area contributed by atoms with Crippen LogP contribution in [0, 0.1) is 11.3 Å². The molecule has 0 radical (unpaired) electrons. The van der Waals surface area contributed by atoms with E-state index in [9.17, 15) is 10.1 Å². The van der Waals surface area contributed by atoms with Crippen molar-refractivity contribution in [3.8, 4) is 17.3 Å². The van der Waals surface area contributed by atoms with Gasteiger partial charge in [-0.05, 0) is 56.4 Å². The van der Waals surface area contributed by atoms with Crippen molar-refractivity contribution in [3.05, 3.63) is 60.6 Å². The molecule has 2 saturated heterocycles. The second-order valence-corrected chi connectivity index (χ2v) is 10.7. The first-order valence-corrected chi connectivity index (χ1v) is 14.1. The molecule has 42 heavy (non-hydrogen) atoms. The van der Waals surface area contributed by atoms with E-state index >= 15 is 0 Å². The number of carbonyl (C=O) groups is 1. The lowest BCUT2D eigenvalue weighted by Crippen LogP contribution is -2.48. The molecule has 2 aliphatic heterocycles. The van der Waals surface area contributed by atoms with Crippen molar-refractivity contribution in [1.82, 2.24) is 39.7 Å². The van der Waals surface area contributed by atoms with E-state index in [1.165, 1.54) is 12.7 Å². The summed E-state index contributed by atoms with van der Waals surface area (Å²) in [4.78, 5) is 28.5. The minimum Gasteiger partial charge on any atom is -0.382 e. The monoisotopic (exact) mass is 563 g/mol. The van der Waals surface area contributed by atoms with Crippen molar-refractivity contribution < 1.29 is 9.53 Å². The predicted molar refractivity (Wildman–Crippen MR) is 154 cm³/mol. The fourth-order valence-electron chi connectivity index (χ4n) is 6.01. The number of ether oxygens (including phenoxy) is 1. The SMILES string of the molecule is N#Cc1ccc2c(c1)c(C(=O)N[C@@H]1CCCN(c3cc(-c4cncnc4)n4ncnc(N)c34)C1)nn2C1CCCCO1. The number of nitriles is 1. The van der Waals surface area contributed by atoms with E-state index in [1.54, 1.807) is 33.7 Å². The number of carbonyl (C=O) groups excluding carboxylic acids is 1. The predicted octanol–water partition coefficient (Wildman–Crippen LogP) is 3.09. The maximum atomic E-state index is 13.7. The normalized spacial score (nSPS) is 19.2. The molecule has 6 heterocycles. The molecule has 0 spiro atoms. The molecule has 2 atom stereocenters. The fraction of sp³-hybridized carbons (Fsp3) is 0.345. The fourth-order valence-corrected chi connectivity index (χ4v) is 6.01. The molecule has 1 unspecified atom stereocenters. The Morgan fingerprint density at radius 2 is 2.00 bits per heavy atom. The Labute approximate surface area is 240 Å². The summed E-state index contributed by atoms with van der Waals surface area (Å²) < 4.78 is 9.54. The molecule has 3 N–H and O–H groups in total. The molecule has 13 nitrogen and oxygen atoms in total. The van der Waals surface area contributed by atoms with Crippen LogP contribution in [0.2, 0.25) is 0 Å². The third-order valence-corrected chi connectivity index (χ3v) is 8.00. The molecule has 13 heteroatoms. The second-order valence-electron chi connectivity index (χ2n) is 10.7. The highest BCUT2D eigenvalue weighted by atomic mass is 16.5. The minimum atomic E-state index is -0.275. The van der Waals surface area contributed by atoms with Crippen LogP contribution in [0.25, 0.3) is 27.7 Å². The molecule has 5 aromatic rings. The van der Waals surface area contributed by atoms with Gasteiger partial charge in [-0.15, -0.1) is 0 Å². The summed E-state index contributed by atoms with van der Waals surface area (Å²) in [5.74, 6) is 0.0905. The van der Waals surface area contributed by atoms with Gasteiger partial charge in [0.2, 0.25) is 0 Å². The zero-order valence-corrected chi connectivity index (χ0v) is 22.8. The van der Waals surface area contributed by atoms with Crippen LogP contribution in [-0.4, -0.2) is 66.0 Å². The quantitative estimate of drug-likeness (QED) is 0.324. The van der Waals surface area contributed by atoms with E-state index in [2.05, 4.69) is 36.3 Å². The second kappa shape index (κ2) is 10.7. The molecular weight excluding hydrogens is 534 g/mol. The third-order valence-electron chi connectivity index (χ3n) is 8.00. The van der Waals surface area contributed by atoms with Gasteiger partial charge in [-0.25, -0.2) is 24.1 Å². The van der Waals surface area contributed by atoms with Crippen LogP contribution >= 0.6 is 0 Å². The molecule has 0 aliphatic carbocycles. The maximum Gasteiger partial charge on any atom is 0.272 e. The summed E-state index contributed by atoms with van der Waals surface area (Å²) in [6, 6.07) is 9.38. The van der Waals surface area contributed by atoms with Gasteiger partial charge in [-0.1, -0.05) is 0 Å². The Kier molecular flexibility index (Phi) is 6.59. The average Bonchev–Trinajstić information content (AvgIpc) is 3.62. The maximum absolute atomic E-state index is 13.7. The van der Waals surface area contributed by atoms with E-state index in [-0.39, 0.29) is 18.2 Å². The molecular formula is C29H29N11O2. The van der Waals surface area contributed by atoms with Gasteiger partial charge in [0.15, 0.2) is 17.7 Å².